The molecular weight excluding hydrogens is 292 g/mol. The summed E-state index contributed by atoms with van der Waals surface area (Å²) < 4.78 is 0.929. The summed E-state index contributed by atoms with van der Waals surface area (Å²) in [4.78, 5) is 1.46. The second kappa shape index (κ2) is 3.75. The van der Waals surface area contributed by atoms with Crippen molar-refractivity contribution in [3.05, 3.63) is 21.3 Å². The maximum atomic E-state index is 5.98. The molecule has 0 radical (unpaired) electrons. The van der Waals surface area contributed by atoms with Crippen LogP contribution in [0.5, 0.6) is 0 Å². The smallest absolute Gasteiger partial charge is 0.0931 e. The number of fused-ring (bicyclic) bond motifs is 1. The lowest BCUT2D eigenvalue weighted by molar-refractivity contribution is 0.310. The number of hydrogen-bond donors (Lipinski definition) is 0. The molecule has 0 saturated heterocycles. The molecule has 82 valence electrons. The van der Waals surface area contributed by atoms with Gasteiger partial charge in [0.2, 0.25) is 0 Å². The number of rotatable bonds is 3. The van der Waals surface area contributed by atoms with Crippen molar-refractivity contribution < 1.29 is 0 Å². The fraction of sp³-hybridized carbons (Fsp3) is 0.667. The third kappa shape index (κ3) is 2.01. The van der Waals surface area contributed by atoms with E-state index in [0.29, 0.717) is 5.41 Å². The lowest BCUT2D eigenvalue weighted by Crippen LogP contribution is -2.23. The van der Waals surface area contributed by atoms with Gasteiger partial charge in [0.15, 0.2) is 0 Å². The molecular formula is C12H14BrClS. The molecule has 2 fully saturated rings. The van der Waals surface area contributed by atoms with E-state index in [0.717, 1.165) is 21.5 Å². The summed E-state index contributed by atoms with van der Waals surface area (Å²) in [5.41, 5.74) is 0.543. The van der Waals surface area contributed by atoms with Gasteiger partial charge >= 0.3 is 0 Å². The Morgan fingerprint density at radius 3 is 2.67 bits per heavy atom. The lowest BCUT2D eigenvalue weighted by Gasteiger charge is -2.28. The predicted octanol–water partition coefficient (Wildman–Crippen LogP) is 4.76. The van der Waals surface area contributed by atoms with Crippen LogP contribution < -0.4 is 0 Å². The van der Waals surface area contributed by atoms with Gasteiger partial charge in [-0.1, -0.05) is 27.5 Å². The molecule has 0 amide bonds. The number of hydrogen-bond acceptors (Lipinski definition) is 1. The molecule has 3 heteroatoms. The van der Waals surface area contributed by atoms with Crippen LogP contribution in [0, 0.1) is 17.3 Å². The third-order valence-electron chi connectivity index (χ3n) is 3.92. The molecule has 0 spiro atoms. The van der Waals surface area contributed by atoms with Crippen molar-refractivity contribution in [1.29, 1.82) is 0 Å². The monoisotopic (exact) mass is 304 g/mol. The van der Waals surface area contributed by atoms with Crippen LogP contribution >= 0.6 is 38.9 Å². The van der Waals surface area contributed by atoms with Crippen molar-refractivity contribution in [1.82, 2.24) is 0 Å². The minimum absolute atomic E-state index is 0.543. The maximum Gasteiger partial charge on any atom is 0.0931 e. The molecule has 2 atom stereocenters. The Morgan fingerprint density at radius 1 is 1.40 bits per heavy atom. The summed E-state index contributed by atoms with van der Waals surface area (Å²) in [5.74, 6) is 2.11. The quantitative estimate of drug-likeness (QED) is 0.707. The second-order valence-corrected chi connectivity index (χ2v) is 7.54. The van der Waals surface area contributed by atoms with Crippen LogP contribution in [-0.4, -0.2) is 5.33 Å². The molecule has 0 bridgehead atoms. The number of alkyl halides is 1. The first-order chi connectivity index (χ1) is 7.21. The Morgan fingerprint density at radius 2 is 2.13 bits per heavy atom. The molecule has 0 N–H and O–H groups in total. The first-order valence-corrected chi connectivity index (χ1v) is 7.83. The molecule has 2 unspecified atom stereocenters. The Hall–Kier alpha value is 0.470. The number of halogens is 2. The van der Waals surface area contributed by atoms with Gasteiger partial charge in [-0.3, -0.25) is 0 Å². The van der Waals surface area contributed by atoms with Gasteiger partial charge < -0.3 is 0 Å². The standard InChI is InChI=1S/C12H14BrClS/c13-7-12(4-8-3-9(8)5-12)6-10-1-2-11(14)15-10/h1-2,8-9H,3-7H2. The highest BCUT2D eigenvalue weighted by Gasteiger charge is 2.53. The van der Waals surface area contributed by atoms with Crippen LogP contribution in [0.3, 0.4) is 0 Å². The summed E-state index contributed by atoms with van der Waals surface area (Å²) in [6.45, 7) is 0. The molecule has 1 aromatic rings. The molecule has 2 saturated carbocycles. The fourth-order valence-electron chi connectivity index (χ4n) is 3.12. The largest absolute Gasteiger partial charge is 0.128 e. The normalized spacial score (nSPS) is 38.0. The SMILES string of the molecule is Clc1ccc(CC2(CBr)CC3CC3C2)s1. The van der Waals surface area contributed by atoms with Crippen molar-refractivity contribution >= 4 is 38.9 Å². The van der Waals surface area contributed by atoms with Crippen LogP contribution in [0.4, 0.5) is 0 Å². The van der Waals surface area contributed by atoms with E-state index in [1.54, 1.807) is 11.3 Å². The maximum absolute atomic E-state index is 5.98. The molecule has 1 heterocycles. The van der Waals surface area contributed by atoms with Gasteiger partial charge in [-0.2, -0.15) is 0 Å². The van der Waals surface area contributed by atoms with E-state index in [9.17, 15) is 0 Å². The zero-order valence-electron chi connectivity index (χ0n) is 8.51. The van der Waals surface area contributed by atoms with E-state index >= 15 is 0 Å². The molecule has 0 aromatic carbocycles. The molecule has 0 aliphatic heterocycles. The highest BCUT2D eigenvalue weighted by atomic mass is 79.9. The zero-order valence-corrected chi connectivity index (χ0v) is 11.7. The van der Waals surface area contributed by atoms with Gasteiger partial charge in [0.25, 0.3) is 0 Å². The van der Waals surface area contributed by atoms with E-state index in [-0.39, 0.29) is 0 Å². The van der Waals surface area contributed by atoms with E-state index in [2.05, 4.69) is 22.0 Å². The lowest BCUT2D eigenvalue weighted by atomic mass is 9.81. The van der Waals surface area contributed by atoms with Crippen LogP contribution in [0.15, 0.2) is 12.1 Å². The topological polar surface area (TPSA) is 0 Å². The van der Waals surface area contributed by atoms with Gasteiger partial charge in [-0.05, 0) is 55.1 Å². The van der Waals surface area contributed by atoms with E-state index in [1.165, 1.54) is 30.6 Å². The summed E-state index contributed by atoms with van der Waals surface area (Å²) in [5, 5.41) is 1.16. The van der Waals surface area contributed by atoms with Gasteiger partial charge in [0, 0.05) is 10.2 Å². The Bertz CT molecular complexity index is 363. The first-order valence-electron chi connectivity index (χ1n) is 5.51. The van der Waals surface area contributed by atoms with Crippen molar-refractivity contribution in [3.63, 3.8) is 0 Å². The average Bonchev–Trinajstić information content (AvgIpc) is 2.65. The predicted molar refractivity (Wildman–Crippen MR) is 70.1 cm³/mol. The Balaban J connectivity index is 1.75. The molecule has 15 heavy (non-hydrogen) atoms. The van der Waals surface area contributed by atoms with Crippen molar-refractivity contribution in [2.75, 3.05) is 5.33 Å². The summed E-state index contributed by atoms with van der Waals surface area (Å²) in [6.07, 6.45) is 5.58. The average molecular weight is 306 g/mol. The minimum Gasteiger partial charge on any atom is -0.128 e. The molecule has 2 aliphatic rings. The van der Waals surface area contributed by atoms with Crippen LogP contribution in [0.2, 0.25) is 4.34 Å². The third-order valence-corrected chi connectivity index (χ3v) is 6.34. The summed E-state index contributed by atoms with van der Waals surface area (Å²) in [6, 6.07) is 4.22. The van der Waals surface area contributed by atoms with Gasteiger partial charge in [-0.15, -0.1) is 11.3 Å². The molecule has 0 nitrogen and oxygen atoms in total. The van der Waals surface area contributed by atoms with Crippen molar-refractivity contribution in [2.24, 2.45) is 17.3 Å². The second-order valence-electron chi connectivity index (χ2n) is 5.18. The first kappa shape index (κ1) is 10.6. The van der Waals surface area contributed by atoms with Crippen molar-refractivity contribution in [3.8, 4) is 0 Å². The number of thiophene rings is 1. The van der Waals surface area contributed by atoms with Gasteiger partial charge in [0.05, 0.1) is 4.34 Å². The summed E-state index contributed by atoms with van der Waals surface area (Å²) >= 11 is 11.4. The summed E-state index contributed by atoms with van der Waals surface area (Å²) in [7, 11) is 0. The van der Waals surface area contributed by atoms with Crippen LogP contribution in [0.1, 0.15) is 24.1 Å². The fourth-order valence-corrected chi connectivity index (χ4v) is 5.04. The minimum atomic E-state index is 0.543. The Labute approximate surface area is 108 Å². The van der Waals surface area contributed by atoms with E-state index in [4.69, 9.17) is 11.6 Å². The Kier molecular flexibility index (Phi) is 2.65. The molecule has 1 aromatic heterocycles. The van der Waals surface area contributed by atoms with Gasteiger partial charge in [0.1, 0.15) is 0 Å². The van der Waals surface area contributed by atoms with Gasteiger partial charge in [-0.25, -0.2) is 0 Å². The molecule has 3 rings (SSSR count). The zero-order chi connectivity index (χ0) is 10.5. The highest BCUT2D eigenvalue weighted by molar-refractivity contribution is 9.09. The van der Waals surface area contributed by atoms with Crippen molar-refractivity contribution in [2.45, 2.75) is 25.7 Å². The van der Waals surface area contributed by atoms with E-state index < -0.39 is 0 Å². The van der Waals surface area contributed by atoms with E-state index in [1.807, 2.05) is 6.07 Å². The van der Waals surface area contributed by atoms with Crippen LogP contribution in [0.25, 0.3) is 0 Å². The highest BCUT2D eigenvalue weighted by Crippen LogP contribution is 2.61. The molecule has 2 aliphatic carbocycles. The van der Waals surface area contributed by atoms with Crippen LogP contribution in [-0.2, 0) is 6.42 Å².